The molecule has 0 unspecified atom stereocenters. The SMILES string of the molecule is CC(=O)c1c(C)c2cnc(Nc3ccc(N4CCNCC4)cn3)nc2n(C2CCCC2)c1=O.O=C(NOCC1CC1)c1ccc(F)c(F)c1Nc1ccc(I)cc1Cl. The molecule has 3 aliphatic rings. The highest BCUT2D eigenvalue weighted by molar-refractivity contribution is 14.1. The maximum absolute atomic E-state index is 14.3. The normalized spacial score (nSPS) is 15.5. The van der Waals surface area contributed by atoms with Crippen molar-refractivity contribution in [3.8, 4) is 0 Å². The second kappa shape index (κ2) is 18.4. The van der Waals surface area contributed by atoms with E-state index in [1.807, 2.05) is 18.3 Å². The Morgan fingerprint density at radius 3 is 2.43 bits per heavy atom. The van der Waals surface area contributed by atoms with Crippen LogP contribution in [0.2, 0.25) is 5.02 Å². The van der Waals surface area contributed by atoms with Crippen molar-refractivity contribution in [2.45, 2.75) is 58.4 Å². The van der Waals surface area contributed by atoms with Crippen molar-refractivity contribution in [1.29, 1.82) is 0 Å². The third kappa shape index (κ3) is 9.56. The van der Waals surface area contributed by atoms with Crippen LogP contribution in [0.5, 0.6) is 0 Å². The number of hydroxylamine groups is 1. The van der Waals surface area contributed by atoms with E-state index in [0.717, 1.165) is 85.4 Å². The first-order valence-corrected chi connectivity index (χ1v) is 20.7. The number of nitrogens with one attached hydrogen (secondary N) is 4. The van der Waals surface area contributed by atoms with Crippen LogP contribution in [0, 0.1) is 28.0 Å². The monoisotopic (exact) mass is 925 g/mol. The van der Waals surface area contributed by atoms with Crippen LogP contribution in [0.3, 0.4) is 0 Å². The number of nitrogens with zero attached hydrogens (tertiary/aromatic N) is 5. The minimum absolute atomic E-state index is 0.0536. The number of halogens is 4. The van der Waals surface area contributed by atoms with Crippen molar-refractivity contribution in [2.75, 3.05) is 48.3 Å². The van der Waals surface area contributed by atoms with Gasteiger partial charge in [0.15, 0.2) is 17.4 Å². The maximum atomic E-state index is 14.3. The molecule has 4 N–H and O–H groups in total. The number of carbonyl (C=O) groups is 2. The Labute approximate surface area is 352 Å². The number of aryl methyl sites for hydroxylation is 1. The summed E-state index contributed by atoms with van der Waals surface area (Å²) in [6, 6.07) is 11.1. The Hall–Kier alpha value is -4.78. The number of hydrogen-bond donors (Lipinski definition) is 4. The number of ketones is 1. The van der Waals surface area contributed by atoms with Gasteiger partial charge in [0, 0.05) is 47.4 Å². The summed E-state index contributed by atoms with van der Waals surface area (Å²) < 4.78 is 30.5. The summed E-state index contributed by atoms with van der Waals surface area (Å²) >= 11 is 8.20. The molecule has 304 valence electrons. The van der Waals surface area contributed by atoms with Gasteiger partial charge in [0.2, 0.25) is 5.95 Å². The third-order valence-corrected chi connectivity index (χ3v) is 11.4. The second-order valence-electron chi connectivity index (χ2n) is 14.6. The van der Waals surface area contributed by atoms with Crippen LogP contribution >= 0.6 is 34.2 Å². The smallest absolute Gasteiger partial charge is 0.277 e. The van der Waals surface area contributed by atoms with Gasteiger partial charge in [-0.1, -0.05) is 24.4 Å². The van der Waals surface area contributed by atoms with Crippen molar-refractivity contribution in [2.24, 2.45) is 5.92 Å². The summed E-state index contributed by atoms with van der Waals surface area (Å²) in [5, 5.41) is 10.3. The lowest BCUT2D eigenvalue weighted by molar-refractivity contribution is 0.0270. The maximum Gasteiger partial charge on any atom is 0.277 e. The summed E-state index contributed by atoms with van der Waals surface area (Å²) in [6.07, 6.45) is 9.66. The minimum Gasteiger partial charge on any atom is -0.368 e. The number of amides is 1. The van der Waals surface area contributed by atoms with E-state index in [4.69, 9.17) is 21.4 Å². The van der Waals surface area contributed by atoms with Crippen LogP contribution < -0.4 is 31.9 Å². The molecule has 1 saturated heterocycles. The van der Waals surface area contributed by atoms with E-state index in [1.54, 1.807) is 35.9 Å². The van der Waals surface area contributed by atoms with Gasteiger partial charge in [-0.15, -0.1) is 0 Å². The molecule has 0 atom stereocenters. The van der Waals surface area contributed by atoms with Gasteiger partial charge in [0.1, 0.15) is 11.5 Å². The number of piperazine rings is 1. The molecule has 0 bridgehead atoms. The fraction of sp³-hybridized carbons (Fsp3) is 0.366. The average molecular weight is 926 g/mol. The molecule has 3 fully saturated rings. The Morgan fingerprint density at radius 1 is 1.00 bits per heavy atom. The fourth-order valence-corrected chi connectivity index (χ4v) is 8.05. The zero-order valence-electron chi connectivity index (χ0n) is 32.0. The number of benzene rings is 2. The van der Waals surface area contributed by atoms with Gasteiger partial charge in [0.25, 0.3) is 11.5 Å². The fourth-order valence-electron chi connectivity index (χ4n) is 7.15. The number of anilines is 5. The van der Waals surface area contributed by atoms with Crippen molar-refractivity contribution in [3.63, 3.8) is 0 Å². The van der Waals surface area contributed by atoms with E-state index in [1.165, 1.54) is 13.0 Å². The Balaban J connectivity index is 0.000000184. The van der Waals surface area contributed by atoms with E-state index in [2.05, 4.69) is 58.9 Å². The number of hydrogen-bond acceptors (Lipinski definition) is 11. The second-order valence-corrected chi connectivity index (χ2v) is 16.2. The summed E-state index contributed by atoms with van der Waals surface area (Å²) in [5.41, 5.74) is 4.54. The van der Waals surface area contributed by atoms with Crippen LogP contribution in [0.1, 0.15) is 77.8 Å². The van der Waals surface area contributed by atoms with Crippen LogP contribution in [0.25, 0.3) is 11.0 Å². The number of carbonyl (C=O) groups excluding carboxylic acids is 2. The molecule has 58 heavy (non-hydrogen) atoms. The largest absolute Gasteiger partial charge is 0.368 e. The highest BCUT2D eigenvalue weighted by atomic mass is 127. The molecule has 1 aliphatic heterocycles. The number of pyridine rings is 2. The van der Waals surface area contributed by atoms with Gasteiger partial charge in [-0.3, -0.25) is 23.8 Å². The standard InChI is InChI=1S/C24H29N7O2.C17H14ClF2IN2O2/c1-15-19-14-27-24(28-20-8-7-18(13-26-20)30-11-9-25-10-12-30)29-22(19)31(17-5-3-4-6-17)23(33)21(15)16(2)32;18-12-7-10(21)3-6-14(12)22-16-11(4-5-13(19)15(16)20)17(24)23-25-8-9-1-2-9/h7-8,13-14,17,25H,3-6,9-12H2,1-2H3,(H,26,27,28,29);3-7,9,22H,1-2,8H2,(H,23,24). The van der Waals surface area contributed by atoms with Gasteiger partial charge >= 0.3 is 0 Å². The van der Waals surface area contributed by atoms with Gasteiger partial charge in [-0.25, -0.2) is 24.2 Å². The molecular formula is C41H43ClF2IN9O4. The summed E-state index contributed by atoms with van der Waals surface area (Å²) in [4.78, 5) is 59.0. The van der Waals surface area contributed by atoms with Crippen molar-refractivity contribution < 1.29 is 23.2 Å². The first kappa shape index (κ1) is 41.4. The molecule has 17 heteroatoms. The number of aromatic nitrogens is 4. The topological polar surface area (TPSA) is 155 Å². The van der Waals surface area contributed by atoms with Gasteiger partial charge < -0.3 is 20.9 Å². The number of fused-ring (bicyclic) bond motifs is 1. The molecule has 4 heterocycles. The Morgan fingerprint density at radius 2 is 1.76 bits per heavy atom. The molecule has 3 aromatic heterocycles. The molecule has 13 nitrogen and oxygen atoms in total. The summed E-state index contributed by atoms with van der Waals surface area (Å²) in [6.45, 7) is 7.51. The minimum atomic E-state index is -1.16. The van der Waals surface area contributed by atoms with E-state index in [9.17, 15) is 23.2 Å². The van der Waals surface area contributed by atoms with Crippen molar-refractivity contribution in [1.82, 2.24) is 30.3 Å². The number of rotatable bonds is 11. The molecule has 0 radical (unpaired) electrons. The molecule has 5 aromatic rings. The lowest BCUT2D eigenvalue weighted by atomic mass is 10.0. The zero-order valence-corrected chi connectivity index (χ0v) is 34.9. The highest BCUT2D eigenvalue weighted by Gasteiger charge is 2.27. The lowest BCUT2D eigenvalue weighted by Gasteiger charge is -2.29. The predicted molar refractivity (Wildman–Crippen MR) is 229 cm³/mol. The molecule has 2 aromatic carbocycles. The van der Waals surface area contributed by atoms with Gasteiger partial charge in [0.05, 0.1) is 46.0 Å². The lowest BCUT2D eigenvalue weighted by Crippen LogP contribution is -2.43. The van der Waals surface area contributed by atoms with Crippen LogP contribution in [0.15, 0.2) is 59.7 Å². The van der Waals surface area contributed by atoms with E-state index in [-0.39, 0.29) is 34.2 Å². The zero-order chi connectivity index (χ0) is 40.9. The molecule has 2 saturated carbocycles. The van der Waals surface area contributed by atoms with Gasteiger partial charge in [-0.2, -0.15) is 4.98 Å². The Kier molecular flexibility index (Phi) is 13.1. The molecule has 1 amide bonds. The molecule has 8 rings (SSSR count). The molecular weight excluding hydrogens is 883 g/mol. The van der Waals surface area contributed by atoms with Crippen molar-refractivity contribution >= 4 is 85.7 Å². The van der Waals surface area contributed by atoms with E-state index < -0.39 is 17.5 Å². The molecule has 2 aliphatic carbocycles. The summed E-state index contributed by atoms with van der Waals surface area (Å²) in [5.74, 6) is -1.64. The van der Waals surface area contributed by atoms with Crippen LogP contribution in [0.4, 0.5) is 37.6 Å². The van der Waals surface area contributed by atoms with E-state index >= 15 is 0 Å². The third-order valence-electron chi connectivity index (χ3n) is 10.4. The van der Waals surface area contributed by atoms with Gasteiger partial charge in [-0.05, 0) is 116 Å². The summed E-state index contributed by atoms with van der Waals surface area (Å²) in [7, 11) is 0. The first-order valence-electron chi connectivity index (χ1n) is 19.2. The van der Waals surface area contributed by atoms with E-state index in [0.29, 0.717) is 46.2 Å². The average Bonchev–Trinajstić information content (AvgIpc) is 3.88. The molecule has 0 spiro atoms. The van der Waals surface area contributed by atoms with Crippen molar-refractivity contribution in [3.05, 3.63) is 102 Å². The predicted octanol–water partition coefficient (Wildman–Crippen LogP) is 8.00. The van der Waals surface area contributed by atoms with Crippen LogP contribution in [-0.2, 0) is 4.84 Å². The first-order chi connectivity index (χ1) is 28.0. The highest BCUT2D eigenvalue weighted by Crippen LogP contribution is 2.34. The van der Waals surface area contributed by atoms with Crippen LogP contribution in [-0.4, -0.2) is 64.0 Å². The number of Topliss-reactive ketones (excluding diaryl/α,β-unsaturated/α-hetero) is 1. The quantitative estimate of drug-likeness (QED) is 0.0579. The Bertz CT molecular complexity index is 2390.